The third kappa shape index (κ3) is 3.16. The van der Waals surface area contributed by atoms with Gasteiger partial charge in [0.25, 0.3) is 12.3 Å². The number of hydrogen-bond donors (Lipinski definition) is 1. The predicted molar refractivity (Wildman–Crippen MR) is 50.0 cm³/mol. The highest BCUT2D eigenvalue weighted by molar-refractivity contribution is 5.93. The fourth-order valence-corrected chi connectivity index (χ4v) is 1.05. The average molecular weight is 216 g/mol. The minimum absolute atomic E-state index is 0.178. The quantitative estimate of drug-likeness (QED) is 0.809. The highest BCUT2D eigenvalue weighted by Crippen LogP contribution is 2.02. The first-order valence-corrected chi connectivity index (χ1v) is 4.23. The molecule has 0 aliphatic rings. The summed E-state index contributed by atoms with van der Waals surface area (Å²) in [6, 6.07) is 2.46. The van der Waals surface area contributed by atoms with Gasteiger partial charge in [-0.2, -0.15) is 0 Å². The van der Waals surface area contributed by atoms with Crippen molar-refractivity contribution in [3.05, 3.63) is 34.2 Å². The van der Waals surface area contributed by atoms with Gasteiger partial charge in [0.2, 0.25) is 5.56 Å². The minimum Gasteiger partial charge on any atom is -0.336 e. The van der Waals surface area contributed by atoms with Crippen LogP contribution in [0.5, 0.6) is 0 Å². The van der Waals surface area contributed by atoms with Crippen LogP contribution in [-0.4, -0.2) is 35.8 Å². The minimum atomic E-state index is -2.57. The number of carbonyl (C=O) groups excluding carboxylic acids is 1. The van der Waals surface area contributed by atoms with E-state index in [9.17, 15) is 18.4 Å². The monoisotopic (exact) mass is 216 g/mol. The molecule has 4 nitrogen and oxygen atoms in total. The molecule has 15 heavy (non-hydrogen) atoms. The van der Waals surface area contributed by atoms with Crippen LogP contribution in [0.2, 0.25) is 0 Å². The first-order chi connectivity index (χ1) is 7.00. The van der Waals surface area contributed by atoms with Crippen molar-refractivity contribution in [3.8, 4) is 0 Å². The van der Waals surface area contributed by atoms with Crippen LogP contribution in [0.25, 0.3) is 0 Å². The van der Waals surface area contributed by atoms with E-state index < -0.39 is 18.9 Å². The SMILES string of the molecule is CN(CC(F)F)C(=O)c1ccc(=O)[nH]c1. The summed E-state index contributed by atoms with van der Waals surface area (Å²) < 4.78 is 23.9. The van der Waals surface area contributed by atoms with Gasteiger partial charge in [0, 0.05) is 19.3 Å². The molecule has 0 spiro atoms. The molecule has 82 valence electrons. The Morgan fingerprint density at radius 2 is 2.20 bits per heavy atom. The van der Waals surface area contributed by atoms with Crippen LogP contribution >= 0.6 is 0 Å². The number of aromatic nitrogens is 1. The van der Waals surface area contributed by atoms with Crippen molar-refractivity contribution in [2.75, 3.05) is 13.6 Å². The molecular formula is C9H10F2N2O2. The maximum atomic E-state index is 12.0. The van der Waals surface area contributed by atoms with E-state index in [4.69, 9.17) is 0 Å². The number of aromatic amines is 1. The summed E-state index contributed by atoms with van der Waals surface area (Å²) in [7, 11) is 1.28. The van der Waals surface area contributed by atoms with Crippen molar-refractivity contribution in [2.24, 2.45) is 0 Å². The second-order valence-corrected chi connectivity index (χ2v) is 3.02. The van der Waals surface area contributed by atoms with Crippen molar-refractivity contribution in [3.63, 3.8) is 0 Å². The number of halogens is 2. The fourth-order valence-electron chi connectivity index (χ4n) is 1.05. The normalized spacial score (nSPS) is 10.4. The molecule has 0 unspecified atom stereocenters. The van der Waals surface area contributed by atoms with Crippen molar-refractivity contribution in [1.82, 2.24) is 9.88 Å². The summed E-state index contributed by atoms with van der Waals surface area (Å²) in [5, 5.41) is 0. The zero-order valence-corrected chi connectivity index (χ0v) is 8.04. The maximum absolute atomic E-state index is 12.0. The van der Waals surface area contributed by atoms with E-state index >= 15 is 0 Å². The van der Waals surface area contributed by atoms with Gasteiger partial charge in [-0.05, 0) is 6.07 Å². The fraction of sp³-hybridized carbons (Fsp3) is 0.333. The largest absolute Gasteiger partial charge is 0.336 e. The van der Waals surface area contributed by atoms with Gasteiger partial charge in [0.05, 0.1) is 12.1 Å². The lowest BCUT2D eigenvalue weighted by Crippen LogP contribution is -2.31. The lowest BCUT2D eigenvalue weighted by molar-refractivity contribution is 0.0620. The highest BCUT2D eigenvalue weighted by atomic mass is 19.3. The summed E-state index contributed by atoms with van der Waals surface area (Å²) in [6.45, 7) is -0.627. The second kappa shape index (κ2) is 4.68. The number of amides is 1. The standard InChI is InChI=1S/C9H10F2N2O2/c1-13(5-7(10)11)9(15)6-2-3-8(14)12-4-6/h2-4,7H,5H2,1H3,(H,12,14). The Balaban J connectivity index is 2.76. The van der Waals surface area contributed by atoms with E-state index in [1.165, 1.54) is 25.4 Å². The lowest BCUT2D eigenvalue weighted by atomic mass is 10.2. The lowest BCUT2D eigenvalue weighted by Gasteiger charge is -2.15. The van der Waals surface area contributed by atoms with E-state index in [-0.39, 0.29) is 11.1 Å². The summed E-state index contributed by atoms with van der Waals surface area (Å²) in [5.74, 6) is -0.549. The van der Waals surface area contributed by atoms with Crippen LogP contribution < -0.4 is 5.56 Å². The molecular weight excluding hydrogens is 206 g/mol. The molecule has 0 radical (unpaired) electrons. The zero-order valence-electron chi connectivity index (χ0n) is 8.04. The third-order valence-electron chi connectivity index (χ3n) is 1.79. The zero-order chi connectivity index (χ0) is 11.4. The molecule has 1 aromatic heterocycles. The maximum Gasteiger partial charge on any atom is 0.255 e. The van der Waals surface area contributed by atoms with Gasteiger partial charge in [-0.25, -0.2) is 8.78 Å². The molecule has 0 aliphatic heterocycles. The number of hydrogen-bond acceptors (Lipinski definition) is 2. The molecule has 0 saturated heterocycles. The van der Waals surface area contributed by atoms with Gasteiger partial charge in [-0.15, -0.1) is 0 Å². The highest BCUT2D eigenvalue weighted by Gasteiger charge is 2.15. The Morgan fingerprint density at radius 3 is 2.67 bits per heavy atom. The summed E-state index contributed by atoms with van der Waals surface area (Å²) in [5.41, 5.74) is -0.166. The summed E-state index contributed by atoms with van der Waals surface area (Å²) >= 11 is 0. The molecule has 1 amide bonds. The Hall–Kier alpha value is -1.72. The summed E-state index contributed by atoms with van der Waals surface area (Å²) in [6.07, 6.45) is -1.37. The molecule has 0 atom stereocenters. The van der Waals surface area contributed by atoms with Crippen LogP contribution in [0.3, 0.4) is 0 Å². The van der Waals surface area contributed by atoms with Crippen LogP contribution in [0, 0.1) is 0 Å². The number of H-pyrrole nitrogens is 1. The molecule has 0 aliphatic carbocycles. The molecule has 0 fully saturated rings. The first kappa shape index (κ1) is 11.4. The molecule has 1 N–H and O–H groups in total. The first-order valence-electron chi connectivity index (χ1n) is 4.23. The van der Waals surface area contributed by atoms with Gasteiger partial charge in [0.15, 0.2) is 0 Å². The summed E-state index contributed by atoms with van der Waals surface area (Å²) in [4.78, 5) is 25.4. The number of pyridine rings is 1. The molecule has 0 bridgehead atoms. The Morgan fingerprint density at radius 1 is 1.53 bits per heavy atom. The Bertz CT molecular complexity index is 383. The van der Waals surface area contributed by atoms with Gasteiger partial charge in [-0.3, -0.25) is 9.59 Å². The molecule has 1 rings (SSSR count). The van der Waals surface area contributed by atoms with Crippen molar-refractivity contribution >= 4 is 5.91 Å². The average Bonchev–Trinajstić information content (AvgIpc) is 2.17. The van der Waals surface area contributed by atoms with Gasteiger partial charge in [-0.1, -0.05) is 0 Å². The van der Waals surface area contributed by atoms with Gasteiger partial charge >= 0.3 is 0 Å². The van der Waals surface area contributed by atoms with Crippen LogP contribution in [0.15, 0.2) is 23.1 Å². The number of alkyl halides is 2. The van der Waals surface area contributed by atoms with Crippen molar-refractivity contribution in [1.29, 1.82) is 0 Å². The van der Waals surface area contributed by atoms with Gasteiger partial charge < -0.3 is 9.88 Å². The number of nitrogens with zero attached hydrogens (tertiary/aromatic N) is 1. The van der Waals surface area contributed by atoms with E-state index in [0.29, 0.717) is 0 Å². The van der Waals surface area contributed by atoms with Crippen LogP contribution in [0.1, 0.15) is 10.4 Å². The third-order valence-corrected chi connectivity index (χ3v) is 1.79. The van der Waals surface area contributed by atoms with E-state index in [1.807, 2.05) is 0 Å². The molecule has 6 heteroatoms. The molecule has 1 aromatic rings. The topological polar surface area (TPSA) is 53.2 Å². The number of nitrogens with one attached hydrogen (secondary N) is 1. The van der Waals surface area contributed by atoms with Gasteiger partial charge in [0.1, 0.15) is 0 Å². The Kier molecular flexibility index (Phi) is 3.54. The van der Waals surface area contributed by atoms with E-state index in [1.54, 1.807) is 0 Å². The number of carbonyl (C=O) groups is 1. The Labute approximate surface area is 84.5 Å². The van der Waals surface area contributed by atoms with Crippen LogP contribution in [0.4, 0.5) is 8.78 Å². The molecule has 0 aromatic carbocycles. The van der Waals surface area contributed by atoms with Crippen molar-refractivity contribution < 1.29 is 13.6 Å². The van der Waals surface area contributed by atoms with Crippen LogP contribution in [-0.2, 0) is 0 Å². The molecule has 0 saturated carbocycles. The van der Waals surface area contributed by atoms with Crippen molar-refractivity contribution in [2.45, 2.75) is 6.43 Å². The predicted octanol–water partition coefficient (Wildman–Crippen LogP) is 0.712. The van der Waals surface area contributed by atoms with E-state index in [2.05, 4.69) is 4.98 Å². The second-order valence-electron chi connectivity index (χ2n) is 3.02. The van der Waals surface area contributed by atoms with E-state index in [0.717, 1.165) is 4.90 Å². The molecule has 1 heterocycles. The number of rotatable bonds is 3. The smallest absolute Gasteiger partial charge is 0.255 e.